The first kappa shape index (κ1) is 18.7. The first-order valence-corrected chi connectivity index (χ1v) is 9.83. The van der Waals surface area contributed by atoms with Crippen LogP contribution in [0.3, 0.4) is 0 Å². The molecule has 4 rings (SSSR count). The Morgan fingerprint density at radius 2 is 1.79 bits per heavy atom. The van der Waals surface area contributed by atoms with Crippen LogP contribution >= 0.6 is 0 Å². The quantitative estimate of drug-likeness (QED) is 0.793. The van der Waals surface area contributed by atoms with Crippen molar-refractivity contribution in [2.75, 3.05) is 32.1 Å². The highest BCUT2D eigenvalue weighted by molar-refractivity contribution is 6.00. The van der Waals surface area contributed by atoms with Gasteiger partial charge in [-0.25, -0.2) is 4.79 Å². The number of imide groups is 1. The number of imidazole rings is 1. The number of carbonyl (C=O) groups excluding carboxylic acids is 2. The number of carbonyl (C=O) groups is 2. The molecule has 2 aliphatic rings. The van der Waals surface area contributed by atoms with Crippen LogP contribution in [0.25, 0.3) is 11.0 Å². The number of rotatable bonds is 3. The molecule has 28 heavy (non-hydrogen) atoms. The molecule has 1 atom stereocenters. The minimum absolute atomic E-state index is 0.222. The van der Waals surface area contributed by atoms with Gasteiger partial charge in [0.2, 0.25) is 11.8 Å². The zero-order valence-electron chi connectivity index (χ0n) is 16.6. The molecule has 2 amide bonds. The Morgan fingerprint density at radius 1 is 1.07 bits per heavy atom. The van der Waals surface area contributed by atoms with E-state index in [9.17, 15) is 14.4 Å². The molecule has 2 saturated heterocycles. The second kappa shape index (κ2) is 7.09. The first-order chi connectivity index (χ1) is 13.4. The van der Waals surface area contributed by atoms with Gasteiger partial charge < -0.3 is 9.80 Å². The Labute approximate surface area is 163 Å². The average Bonchev–Trinajstić information content (AvgIpc) is 2.93. The Balaban J connectivity index is 1.75. The van der Waals surface area contributed by atoms with Gasteiger partial charge in [0.05, 0.1) is 16.7 Å². The van der Waals surface area contributed by atoms with E-state index in [4.69, 9.17) is 0 Å². The third kappa shape index (κ3) is 3.01. The number of anilines is 1. The predicted molar refractivity (Wildman–Crippen MR) is 108 cm³/mol. The number of nitrogens with zero attached hydrogens (tertiary/aromatic N) is 4. The van der Waals surface area contributed by atoms with Crippen molar-refractivity contribution in [1.29, 1.82) is 0 Å². The molecule has 8 heteroatoms. The van der Waals surface area contributed by atoms with Crippen LogP contribution in [0.2, 0.25) is 0 Å². The molecule has 1 unspecified atom stereocenters. The molecule has 0 spiro atoms. The van der Waals surface area contributed by atoms with Crippen LogP contribution in [0.5, 0.6) is 0 Å². The molecule has 150 valence electrons. The number of para-hydroxylation sites is 1. The summed E-state index contributed by atoms with van der Waals surface area (Å²) in [7, 11) is 5.98. The molecular weight excluding hydrogens is 358 g/mol. The topological polar surface area (TPSA) is 79.6 Å². The van der Waals surface area contributed by atoms with Crippen LogP contribution < -0.4 is 15.9 Å². The zero-order valence-corrected chi connectivity index (χ0v) is 16.6. The maximum absolute atomic E-state index is 13.0. The molecule has 1 aromatic carbocycles. The van der Waals surface area contributed by atoms with Crippen LogP contribution in [0.4, 0.5) is 5.69 Å². The van der Waals surface area contributed by atoms with Crippen LogP contribution in [-0.2, 0) is 16.6 Å². The summed E-state index contributed by atoms with van der Waals surface area (Å²) in [6, 6.07) is 5.80. The summed E-state index contributed by atoms with van der Waals surface area (Å²) in [5.74, 6) is -0.679. The summed E-state index contributed by atoms with van der Waals surface area (Å²) >= 11 is 0. The maximum Gasteiger partial charge on any atom is 0.329 e. The number of nitrogens with one attached hydrogen (secondary N) is 1. The lowest BCUT2D eigenvalue weighted by molar-refractivity contribution is -0.135. The summed E-state index contributed by atoms with van der Waals surface area (Å²) in [5.41, 5.74) is 2.40. The largest absolute Gasteiger partial charge is 0.370 e. The van der Waals surface area contributed by atoms with E-state index in [-0.39, 0.29) is 18.0 Å². The van der Waals surface area contributed by atoms with Gasteiger partial charge in [0.15, 0.2) is 0 Å². The number of benzene rings is 1. The number of hydrogen-bond acceptors (Lipinski definition) is 5. The van der Waals surface area contributed by atoms with E-state index in [1.54, 1.807) is 16.2 Å². The summed E-state index contributed by atoms with van der Waals surface area (Å²) in [6.45, 7) is 1.86. The molecule has 0 bridgehead atoms. The number of piperidine rings is 2. The molecule has 0 radical (unpaired) electrons. The Kier molecular flexibility index (Phi) is 4.74. The Hall–Kier alpha value is -2.61. The Bertz CT molecular complexity index is 982. The fraction of sp³-hybridized carbons (Fsp3) is 0.550. The minimum Gasteiger partial charge on any atom is -0.370 e. The SMILES string of the molecule is CN(C)C1CCN(c2cccc3c2n(C)c(=O)n3C2CCC(=O)NC2=O)CC1. The van der Waals surface area contributed by atoms with Crippen molar-refractivity contribution in [3.8, 4) is 0 Å². The van der Waals surface area contributed by atoms with E-state index < -0.39 is 11.9 Å². The van der Waals surface area contributed by atoms with E-state index in [2.05, 4.69) is 29.2 Å². The second-order valence-electron chi connectivity index (χ2n) is 8.01. The van der Waals surface area contributed by atoms with E-state index in [1.807, 2.05) is 18.2 Å². The van der Waals surface area contributed by atoms with Gasteiger partial charge in [-0.3, -0.25) is 24.0 Å². The average molecular weight is 385 g/mol. The highest BCUT2D eigenvalue weighted by Gasteiger charge is 2.32. The molecule has 1 N–H and O–H groups in total. The molecule has 1 aromatic heterocycles. The van der Waals surface area contributed by atoms with E-state index in [0.29, 0.717) is 12.5 Å². The lowest BCUT2D eigenvalue weighted by Gasteiger charge is -2.36. The third-order valence-corrected chi connectivity index (χ3v) is 6.14. The molecule has 2 aromatic rings. The number of fused-ring (bicyclic) bond motifs is 1. The molecule has 2 aliphatic heterocycles. The number of hydrogen-bond donors (Lipinski definition) is 1. The summed E-state index contributed by atoms with van der Waals surface area (Å²) in [4.78, 5) is 41.5. The van der Waals surface area contributed by atoms with Gasteiger partial charge in [0.25, 0.3) is 0 Å². The van der Waals surface area contributed by atoms with E-state index in [0.717, 1.165) is 42.7 Å². The molecule has 3 heterocycles. The summed E-state index contributed by atoms with van der Waals surface area (Å²) in [6.07, 6.45) is 2.75. The molecule has 0 aliphatic carbocycles. The zero-order chi connectivity index (χ0) is 20.0. The minimum atomic E-state index is -0.649. The lowest BCUT2D eigenvalue weighted by Crippen LogP contribution is -2.44. The normalized spacial score (nSPS) is 21.6. The standard InChI is InChI=1S/C20H27N5O3/c1-22(2)13-9-11-24(12-10-13)14-5-4-6-15-18(14)23(3)20(28)25(15)16-7-8-17(26)21-19(16)27/h4-6,13,16H,7-12H2,1-3H3,(H,21,26,27). The van der Waals surface area contributed by atoms with Crippen LogP contribution in [0.15, 0.2) is 23.0 Å². The van der Waals surface area contributed by atoms with Gasteiger partial charge in [-0.1, -0.05) is 6.07 Å². The van der Waals surface area contributed by atoms with Crippen molar-refractivity contribution in [2.24, 2.45) is 7.05 Å². The van der Waals surface area contributed by atoms with E-state index in [1.165, 1.54) is 0 Å². The highest BCUT2D eigenvalue weighted by Crippen LogP contribution is 2.31. The van der Waals surface area contributed by atoms with Crippen molar-refractivity contribution in [3.05, 3.63) is 28.7 Å². The van der Waals surface area contributed by atoms with Gasteiger partial charge in [-0.2, -0.15) is 0 Å². The van der Waals surface area contributed by atoms with Gasteiger partial charge in [-0.15, -0.1) is 0 Å². The summed E-state index contributed by atoms with van der Waals surface area (Å²) in [5, 5.41) is 2.36. The fourth-order valence-corrected chi connectivity index (χ4v) is 4.53. The van der Waals surface area contributed by atoms with Crippen molar-refractivity contribution < 1.29 is 9.59 Å². The van der Waals surface area contributed by atoms with Crippen LogP contribution in [-0.4, -0.2) is 59.1 Å². The number of aromatic nitrogens is 2. The number of amides is 2. The lowest BCUT2D eigenvalue weighted by atomic mass is 10.0. The highest BCUT2D eigenvalue weighted by atomic mass is 16.2. The van der Waals surface area contributed by atoms with Gasteiger partial charge in [0.1, 0.15) is 6.04 Å². The molecule has 8 nitrogen and oxygen atoms in total. The van der Waals surface area contributed by atoms with Crippen molar-refractivity contribution in [2.45, 2.75) is 37.8 Å². The second-order valence-corrected chi connectivity index (χ2v) is 8.01. The van der Waals surface area contributed by atoms with Crippen molar-refractivity contribution in [3.63, 3.8) is 0 Å². The predicted octanol–water partition coefficient (Wildman–Crippen LogP) is 0.848. The first-order valence-electron chi connectivity index (χ1n) is 9.83. The van der Waals surface area contributed by atoms with Gasteiger partial charge in [0, 0.05) is 32.6 Å². The Morgan fingerprint density at radius 3 is 2.43 bits per heavy atom. The smallest absolute Gasteiger partial charge is 0.329 e. The summed E-state index contributed by atoms with van der Waals surface area (Å²) < 4.78 is 3.18. The van der Waals surface area contributed by atoms with Crippen LogP contribution in [0.1, 0.15) is 31.7 Å². The van der Waals surface area contributed by atoms with Gasteiger partial charge in [-0.05, 0) is 45.5 Å². The maximum atomic E-state index is 13.0. The molecule has 0 saturated carbocycles. The fourth-order valence-electron chi connectivity index (χ4n) is 4.53. The van der Waals surface area contributed by atoms with Crippen molar-refractivity contribution in [1.82, 2.24) is 19.4 Å². The molecular formula is C20H27N5O3. The molecule has 2 fully saturated rings. The number of aryl methyl sites for hydroxylation is 1. The van der Waals surface area contributed by atoms with Gasteiger partial charge >= 0.3 is 5.69 Å². The third-order valence-electron chi connectivity index (χ3n) is 6.14. The monoisotopic (exact) mass is 385 g/mol. The van der Waals surface area contributed by atoms with Crippen LogP contribution in [0, 0.1) is 0 Å². The van der Waals surface area contributed by atoms with Crippen molar-refractivity contribution >= 4 is 28.5 Å². The van der Waals surface area contributed by atoms with E-state index >= 15 is 0 Å².